The molecule has 0 saturated heterocycles. The Morgan fingerprint density at radius 1 is 0.926 bits per heavy atom. The van der Waals surface area contributed by atoms with Gasteiger partial charge in [-0.1, -0.05) is 12.2 Å². The summed E-state index contributed by atoms with van der Waals surface area (Å²) in [6.45, 7) is 6.53. The van der Waals surface area contributed by atoms with E-state index < -0.39 is 0 Å². The molecule has 5 saturated carbocycles. The molecular formula is C25H36O2. The van der Waals surface area contributed by atoms with Gasteiger partial charge in [0.25, 0.3) is 0 Å². The summed E-state index contributed by atoms with van der Waals surface area (Å²) in [7, 11) is 0. The molecule has 5 aliphatic rings. The Morgan fingerprint density at radius 2 is 1.59 bits per heavy atom. The number of fused-ring (bicyclic) bond motifs is 7. The van der Waals surface area contributed by atoms with Crippen LogP contribution in [0.5, 0.6) is 0 Å². The normalized spacial score (nSPS) is 51.5. The molecule has 0 bridgehead atoms. The Balaban J connectivity index is 1.42. The van der Waals surface area contributed by atoms with E-state index in [1.165, 1.54) is 50.4 Å². The van der Waals surface area contributed by atoms with Gasteiger partial charge in [0.2, 0.25) is 0 Å². The van der Waals surface area contributed by atoms with E-state index in [1.807, 2.05) is 0 Å². The van der Waals surface area contributed by atoms with Gasteiger partial charge in [-0.2, -0.15) is 0 Å². The van der Waals surface area contributed by atoms with Crippen LogP contribution in [-0.2, 0) is 9.59 Å². The molecule has 148 valence electrons. The fourth-order valence-corrected chi connectivity index (χ4v) is 9.05. The Morgan fingerprint density at radius 3 is 2.37 bits per heavy atom. The number of allylic oxidation sites excluding steroid dienone is 1. The van der Waals surface area contributed by atoms with E-state index in [0.717, 1.165) is 61.7 Å². The number of carbonyl (C=O) groups is 2. The highest BCUT2D eigenvalue weighted by Gasteiger charge is 2.59. The number of ketones is 1. The Kier molecular flexibility index (Phi) is 4.41. The lowest BCUT2D eigenvalue weighted by atomic mass is 9.46. The monoisotopic (exact) mass is 368 g/mol. The third kappa shape index (κ3) is 2.64. The van der Waals surface area contributed by atoms with Gasteiger partial charge in [0.15, 0.2) is 0 Å². The summed E-state index contributed by atoms with van der Waals surface area (Å²) in [5.74, 6) is 6.49. The van der Waals surface area contributed by atoms with Crippen LogP contribution in [0.3, 0.4) is 0 Å². The van der Waals surface area contributed by atoms with Crippen molar-refractivity contribution < 1.29 is 9.59 Å². The van der Waals surface area contributed by atoms with E-state index >= 15 is 0 Å². The third-order valence-corrected chi connectivity index (χ3v) is 10.0. The first-order chi connectivity index (χ1) is 13.0. The molecule has 5 rings (SSSR count). The molecule has 2 heteroatoms. The fourth-order valence-electron chi connectivity index (χ4n) is 9.05. The molecule has 0 aromatic carbocycles. The molecule has 2 nitrogen and oxygen atoms in total. The van der Waals surface area contributed by atoms with Gasteiger partial charge in [0, 0.05) is 18.3 Å². The zero-order valence-corrected chi connectivity index (χ0v) is 17.0. The van der Waals surface area contributed by atoms with Crippen LogP contribution in [0.4, 0.5) is 0 Å². The van der Waals surface area contributed by atoms with Gasteiger partial charge < -0.3 is 4.79 Å². The molecule has 0 amide bonds. The summed E-state index contributed by atoms with van der Waals surface area (Å²) in [6, 6.07) is 0. The minimum absolute atomic E-state index is 0.0356. The topological polar surface area (TPSA) is 34.1 Å². The van der Waals surface area contributed by atoms with Crippen molar-refractivity contribution in [3.05, 3.63) is 12.2 Å². The van der Waals surface area contributed by atoms with Crippen molar-refractivity contribution in [2.24, 2.45) is 52.8 Å². The predicted molar refractivity (Wildman–Crippen MR) is 107 cm³/mol. The van der Waals surface area contributed by atoms with Crippen LogP contribution in [0, 0.1) is 52.8 Å². The highest BCUT2D eigenvalue weighted by molar-refractivity contribution is 5.79. The first kappa shape index (κ1) is 18.1. The van der Waals surface area contributed by atoms with Crippen LogP contribution in [0.1, 0.15) is 77.6 Å². The largest absolute Gasteiger partial charge is 0.303 e. The number of aldehydes is 1. The summed E-state index contributed by atoms with van der Waals surface area (Å²) in [6.07, 6.45) is 14.2. The summed E-state index contributed by atoms with van der Waals surface area (Å²) < 4.78 is 0. The Bertz CT molecular complexity index is 651. The van der Waals surface area contributed by atoms with Crippen LogP contribution < -0.4 is 0 Å². The van der Waals surface area contributed by atoms with Gasteiger partial charge in [-0.3, -0.25) is 4.79 Å². The molecule has 9 atom stereocenters. The molecule has 0 radical (unpaired) electrons. The van der Waals surface area contributed by atoms with Crippen molar-refractivity contribution in [3.63, 3.8) is 0 Å². The Hall–Kier alpha value is -0.920. The van der Waals surface area contributed by atoms with Crippen molar-refractivity contribution in [2.45, 2.75) is 77.6 Å². The molecule has 0 spiro atoms. The number of Topliss-reactive ketones (excluding diaryl/α,β-unsaturated/α-hetero) is 1. The molecule has 0 aromatic rings. The van der Waals surface area contributed by atoms with Gasteiger partial charge >= 0.3 is 0 Å². The second-order valence-electron chi connectivity index (χ2n) is 10.9. The molecule has 5 aliphatic carbocycles. The third-order valence-electron chi connectivity index (χ3n) is 10.0. The van der Waals surface area contributed by atoms with E-state index in [4.69, 9.17) is 0 Å². The smallest absolute Gasteiger partial charge is 0.133 e. The van der Waals surface area contributed by atoms with E-state index in [1.54, 1.807) is 0 Å². The van der Waals surface area contributed by atoms with E-state index in [9.17, 15) is 9.59 Å². The quantitative estimate of drug-likeness (QED) is 0.469. The molecule has 0 aliphatic heterocycles. The minimum atomic E-state index is -0.0356. The lowest BCUT2D eigenvalue weighted by Crippen LogP contribution is -2.52. The average Bonchev–Trinajstić information content (AvgIpc) is 3.07. The van der Waals surface area contributed by atoms with Gasteiger partial charge in [-0.15, -0.1) is 0 Å². The number of carbonyl (C=O) groups excluding carboxylic acids is 2. The summed E-state index contributed by atoms with van der Waals surface area (Å²) >= 11 is 0. The van der Waals surface area contributed by atoms with E-state index in [-0.39, 0.29) is 5.41 Å². The summed E-state index contributed by atoms with van der Waals surface area (Å²) in [5, 5.41) is 0. The molecular weight excluding hydrogens is 332 g/mol. The highest BCUT2D eigenvalue weighted by Crippen LogP contribution is 2.65. The van der Waals surface area contributed by atoms with Crippen LogP contribution in [0.15, 0.2) is 12.2 Å². The van der Waals surface area contributed by atoms with Crippen LogP contribution in [0.2, 0.25) is 0 Å². The number of hydrogen-bond donors (Lipinski definition) is 0. The maximum atomic E-state index is 12.2. The van der Waals surface area contributed by atoms with Crippen molar-refractivity contribution >= 4 is 12.1 Å². The summed E-state index contributed by atoms with van der Waals surface area (Å²) in [5.41, 5.74) is 1.28. The SMILES string of the molecule is C=C(C)[C@@H]1CC[C@]2(C=O)CC[C@H]3[C@@H]4CC[C@H]5CC(=O)CC[C@@H]5[C@H]4CC[C@@H]3[C@@H]12. The molecule has 5 fully saturated rings. The standard InChI is InChI=1S/C25H36O2/c1-15(2)18-9-11-25(14-26)12-10-22-21-5-3-16-13-17(27)4-6-19(16)20(21)7-8-23(22)24(18)25/h14,16,18-24H,1,3-13H2,2H3/t16-,18-,19-,20+,21+,22-,23-,24+,25+/m0/s1. The van der Waals surface area contributed by atoms with E-state index in [0.29, 0.717) is 23.5 Å². The maximum Gasteiger partial charge on any atom is 0.133 e. The first-order valence-corrected chi connectivity index (χ1v) is 11.7. The van der Waals surface area contributed by atoms with Gasteiger partial charge in [-0.05, 0) is 112 Å². The molecule has 0 unspecified atom stereocenters. The lowest BCUT2D eigenvalue weighted by molar-refractivity contribution is -0.135. The second kappa shape index (κ2) is 6.56. The molecule has 0 heterocycles. The molecule has 0 aromatic heterocycles. The maximum absolute atomic E-state index is 12.2. The van der Waals surface area contributed by atoms with Crippen molar-refractivity contribution in [1.82, 2.24) is 0 Å². The number of rotatable bonds is 2. The second-order valence-corrected chi connectivity index (χ2v) is 10.9. The van der Waals surface area contributed by atoms with Crippen LogP contribution in [0.25, 0.3) is 0 Å². The summed E-state index contributed by atoms with van der Waals surface area (Å²) in [4.78, 5) is 24.2. The first-order valence-electron chi connectivity index (χ1n) is 11.7. The van der Waals surface area contributed by atoms with Gasteiger partial charge in [-0.25, -0.2) is 0 Å². The van der Waals surface area contributed by atoms with Gasteiger partial charge in [0.1, 0.15) is 12.1 Å². The number of hydrogen-bond acceptors (Lipinski definition) is 2. The van der Waals surface area contributed by atoms with Crippen molar-refractivity contribution in [2.75, 3.05) is 0 Å². The highest BCUT2D eigenvalue weighted by atomic mass is 16.1. The molecule has 0 N–H and O–H groups in total. The average molecular weight is 369 g/mol. The van der Waals surface area contributed by atoms with Crippen molar-refractivity contribution in [1.29, 1.82) is 0 Å². The van der Waals surface area contributed by atoms with Crippen LogP contribution >= 0.6 is 0 Å². The van der Waals surface area contributed by atoms with Gasteiger partial charge in [0.05, 0.1) is 0 Å². The van der Waals surface area contributed by atoms with Crippen LogP contribution in [-0.4, -0.2) is 12.1 Å². The van der Waals surface area contributed by atoms with Crippen molar-refractivity contribution in [3.8, 4) is 0 Å². The van der Waals surface area contributed by atoms with E-state index in [2.05, 4.69) is 13.5 Å². The lowest BCUT2D eigenvalue weighted by Gasteiger charge is -2.58. The zero-order valence-electron chi connectivity index (χ0n) is 17.0. The minimum Gasteiger partial charge on any atom is -0.303 e. The zero-order chi connectivity index (χ0) is 18.8. The Labute approximate surface area is 164 Å². The predicted octanol–water partition coefficient (Wildman–Crippen LogP) is 5.61. The molecule has 27 heavy (non-hydrogen) atoms. The fraction of sp³-hybridized carbons (Fsp3) is 0.840.